The standard InChI is InChI=1S/C6H7F7O/c1-2(14)3(7)5(10,11)6(12,13)4(8)9/h2-4,14H,1H3. The van der Waals surface area contributed by atoms with Gasteiger partial charge in [-0.1, -0.05) is 0 Å². The average Bonchev–Trinajstić information content (AvgIpc) is 2.01. The second-order valence-electron chi connectivity index (χ2n) is 2.69. The maximum atomic E-state index is 12.3. The van der Waals surface area contributed by atoms with Crippen LogP contribution in [0, 0.1) is 0 Å². The van der Waals surface area contributed by atoms with Crippen molar-refractivity contribution in [3.8, 4) is 0 Å². The van der Waals surface area contributed by atoms with Gasteiger partial charge in [0.2, 0.25) is 0 Å². The highest BCUT2D eigenvalue weighted by molar-refractivity contribution is 4.94. The third kappa shape index (κ3) is 2.10. The van der Waals surface area contributed by atoms with E-state index in [4.69, 9.17) is 5.11 Å². The van der Waals surface area contributed by atoms with E-state index in [9.17, 15) is 30.7 Å². The van der Waals surface area contributed by atoms with Gasteiger partial charge in [-0.25, -0.2) is 13.2 Å². The Labute approximate surface area is 74.5 Å². The molecular formula is C6H7F7O. The predicted molar refractivity (Wildman–Crippen MR) is 32.5 cm³/mol. The largest absolute Gasteiger partial charge is 0.390 e. The molecule has 0 fully saturated rings. The van der Waals surface area contributed by atoms with Gasteiger partial charge in [-0.15, -0.1) is 0 Å². The lowest BCUT2D eigenvalue weighted by molar-refractivity contribution is -0.293. The minimum absolute atomic E-state index is 0.458. The molecule has 0 aromatic rings. The highest BCUT2D eigenvalue weighted by atomic mass is 19.3. The fraction of sp³-hybridized carbons (Fsp3) is 1.00. The van der Waals surface area contributed by atoms with E-state index >= 15 is 0 Å². The average molecular weight is 228 g/mol. The molecule has 0 aliphatic heterocycles. The summed E-state index contributed by atoms with van der Waals surface area (Å²) in [5.41, 5.74) is 0. The van der Waals surface area contributed by atoms with Gasteiger partial charge in [0, 0.05) is 0 Å². The summed E-state index contributed by atoms with van der Waals surface area (Å²) in [6.45, 7) is 0.458. The van der Waals surface area contributed by atoms with Crippen molar-refractivity contribution < 1.29 is 35.8 Å². The first-order valence-electron chi connectivity index (χ1n) is 3.41. The zero-order chi connectivity index (χ0) is 11.7. The van der Waals surface area contributed by atoms with E-state index in [0.29, 0.717) is 6.92 Å². The Bertz CT molecular complexity index is 191. The minimum Gasteiger partial charge on any atom is -0.390 e. The van der Waals surface area contributed by atoms with Crippen LogP contribution in [-0.2, 0) is 0 Å². The van der Waals surface area contributed by atoms with Gasteiger partial charge in [0.15, 0.2) is 6.17 Å². The van der Waals surface area contributed by atoms with Crippen molar-refractivity contribution in [1.29, 1.82) is 0 Å². The van der Waals surface area contributed by atoms with E-state index in [-0.39, 0.29) is 0 Å². The molecule has 8 heteroatoms. The lowest BCUT2D eigenvalue weighted by Crippen LogP contribution is -2.55. The first kappa shape index (κ1) is 13.5. The molecule has 0 radical (unpaired) electrons. The number of halogens is 7. The summed E-state index contributed by atoms with van der Waals surface area (Å²) in [6, 6.07) is 0. The molecule has 0 aliphatic rings. The second-order valence-corrected chi connectivity index (χ2v) is 2.69. The summed E-state index contributed by atoms with van der Waals surface area (Å²) < 4.78 is 84.1. The Kier molecular flexibility index (Phi) is 3.77. The molecule has 0 saturated heterocycles. The highest BCUT2D eigenvalue weighted by Crippen LogP contribution is 2.43. The molecule has 1 N–H and O–H groups in total. The van der Waals surface area contributed by atoms with Crippen LogP contribution in [0.4, 0.5) is 30.7 Å². The van der Waals surface area contributed by atoms with Gasteiger partial charge in [-0.3, -0.25) is 0 Å². The molecule has 1 nitrogen and oxygen atoms in total. The van der Waals surface area contributed by atoms with E-state index < -0.39 is 30.5 Å². The van der Waals surface area contributed by atoms with Gasteiger partial charge in [0.05, 0.1) is 6.10 Å². The van der Waals surface area contributed by atoms with E-state index in [1.165, 1.54) is 0 Å². The summed E-state index contributed by atoms with van der Waals surface area (Å²) in [6.07, 6.45) is -10.9. The Morgan fingerprint density at radius 3 is 1.50 bits per heavy atom. The van der Waals surface area contributed by atoms with Gasteiger partial charge in [-0.2, -0.15) is 17.6 Å². The first-order chi connectivity index (χ1) is 6.05. The molecular weight excluding hydrogens is 221 g/mol. The summed E-state index contributed by atoms with van der Waals surface area (Å²) in [7, 11) is 0. The molecule has 2 atom stereocenters. The van der Waals surface area contributed by atoms with Crippen LogP contribution >= 0.6 is 0 Å². The number of aliphatic hydroxyl groups excluding tert-OH is 1. The zero-order valence-electron chi connectivity index (χ0n) is 6.83. The lowest BCUT2D eigenvalue weighted by Gasteiger charge is -2.29. The van der Waals surface area contributed by atoms with E-state index in [1.54, 1.807) is 0 Å². The third-order valence-electron chi connectivity index (χ3n) is 1.49. The number of alkyl halides is 7. The number of hydrogen-bond donors (Lipinski definition) is 1. The zero-order valence-corrected chi connectivity index (χ0v) is 6.83. The minimum atomic E-state index is -5.80. The molecule has 86 valence electrons. The monoisotopic (exact) mass is 228 g/mol. The molecule has 0 aromatic heterocycles. The summed E-state index contributed by atoms with van der Waals surface area (Å²) in [5.74, 6) is -11.4. The van der Waals surface area contributed by atoms with Crippen LogP contribution in [0.3, 0.4) is 0 Å². The Hall–Kier alpha value is -0.530. The van der Waals surface area contributed by atoms with Crippen LogP contribution in [0.1, 0.15) is 6.92 Å². The Morgan fingerprint density at radius 1 is 0.929 bits per heavy atom. The van der Waals surface area contributed by atoms with Crippen molar-refractivity contribution >= 4 is 0 Å². The van der Waals surface area contributed by atoms with Crippen molar-refractivity contribution in [2.45, 2.75) is 37.5 Å². The molecule has 2 unspecified atom stereocenters. The van der Waals surface area contributed by atoms with Crippen LogP contribution in [0.15, 0.2) is 0 Å². The van der Waals surface area contributed by atoms with Crippen molar-refractivity contribution in [2.24, 2.45) is 0 Å². The van der Waals surface area contributed by atoms with E-state index in [1.807, 2.05) is 0 Å². The van der Waals surface area contributed by atoms with Gasteiger partial charge < -0.3 is 5.11 Å². The van der Waals surface area contributed by atoms with Gasteiger partial charge >= 0.3 is 18.3 Å². The van der Waals surface area contributed by atoms with E-state index in [0.717, 1.165) is 0 Å². The second kappa shape index (κ2) is 3.92. The number of hydrogen-bond acceptors (Lipinski definition) is 1. The van der Waals surface area contributed by atoms with Gasteiger partial charge in [0.1, 0.15) is 0 Å². The van der Waals surface area contributed by atoms with Crippen LogP contribution < -0.4 is 0 Å². The number of rotatable bonds is 4. The normalized spacial score (nSPS) is 18.4. The van der Waals surface area contributed by atoms with Crippen LogP contribution in [0.2, 0.25) is 0 Å². The molecule has 0 rings (SSSR count). The fourth-order valence-corrected chi connectivity index (χ4v) is 0.632. The maximum absolute atomic E-state index is 12.3. The Balaban J connectivity index is 4.93. The molecule has 0 heterocycles. The molecule has 14 heavy (non-hydrogen) atoms. The highest BCUT2D eigenvalue weighted by Gasteiger charge is 2.68. The van der Waals surface area contributed by atoms with Crippen LogP contribution in [0.25, 0.3) is 0 Å². The van der Waals surface area contributed by atoms with Crippen LogP contribution in [0.5, 0.6) is 0 Å². The van der Waals surface area contributed by atoms with Crippen molar-refractivity contribution in [2.75, 3.05) is 0 Å². The molecule has 0 spiro atoms. The molecule has 0 aromatic carbocycles. The summed E-state index contributed by atoms with van der Waals surface area (Å²) >= 11 is 0. The lowest BCUT2D eigenvalue weighted by atomic mass is 10.0. The number of aliphatic hydroxyl groups is 1. The third-order valence-corrected chi connectivity index (χ3v) is 1.49. The first-order valence-corrected chi connectivity index (χ1v) is 3.41. The quantitative estimate of drug-likeness (QED) is 0.731. The van der Waals surface area contributed by atoms with Crippen molar-refractivity contribution in [3.63, 3.8) is 0 Å². The Morgan fingerprint density at radius 2 is 1.29 bits per heavy atom. The molecule has 0 saturated carbocycles. The van der Waals surface area contributed by atoms with Crippen molar-refractivity contribution in [1.82, 2.24) is 0 Å². The smallest absolute Gasteiger partial charge is 0.372 e. The van der Waals surface area contributed by atoms with Crippen LogP contribution in [-0.4, -0.2) is 35.7 Å². The van der Waals surface area contributed by atoms with E-state index in [2.05, 4.69) is 0 Å². The maximum Gasteiger partial charge on any atom is 0.372 e. The summed E-state index contributed by atoms with van der Waals surface area (Å²) in [5, 5.41) is 8.27. The predicted octanol–water partition coefficient (Wildman–Crippen LogP) is 2.24. The molecule has 0 bridgehead atoms. The topological polar surface area (TPSA) is 20.2 Å². The fourth-order valence-electron chi connectivity index (χ4n) is 0.632. The van der Waals surface area contributed by atoms with Gasteiger partial charge in [-0.05, 0) is 6.92 Å². The van der Waals surface area contributed by atoms with Gasteiger partial charge in [0.25, 0.3) is 0 Å². The summed E-state index contributed by atoms with van der Waals surface area (Å²) in [4.78, 5) is 0. The van der Waals surface area contributed by atoms with Crippen molar-refractivity contribution in [3.05, 3.63) is 0 Å². The molecule has 0 amide bonds. The SMILES string of the molecule is CC(O)C(F)C(F)(F)C(F)(F)C(F)F. The molecule has 0 aliphatic carbocycles.